The molecule has 0 amide bonds. The summed E-state index contributed by atoms with van der Waals surface area (Å²) in [7, 11) is 0. The Morgan fingerprint density at radius 2 is 1.83 bits per heavy atom. The van der Waals surface area contributed by atoms with E-state index in [1.807, 2.05) is 12.3 Å². The summed E-state index contributed by atoms with van der Waals surface area (Å²) < 4.78 is 5.82. The number of esters is 1. The first-order valence-corrected chi connectivity index (χ1v) is 11.3. The van der Waals surface area contributed by atoms with Gasteiger partial charge in [-0.25, -0.2) is 0 Å². The summed E-state index contributed by atoms with van der Waals surface area (Å²) in [5.74, 6) is 0.0102. The van der Waals surface area contributed by atoms with Crippen LogP contribution < -0.4 is 0 Å². The monoisotopic (exact) mass is 409 g/mol. The van der Waals surface area contributed by atoms with Crippen LogP contribution in [0.3, 0.4) is 0 Å². The summed E-state index contributed by atoms with van der Waals surface area (Å²) in [5.41, 5.74) is 2.03. The van der Waals surface area contributed by atoms with Gasteiger partial charge in [0.15, 0.2) is 0 Å². The van der Waals surface area contributed by atoms with Crippen LogP contribution in [0.15, 0.2) is 36.5 Å². The number of rotatable bonds is 4. The summed E-state index contributed by atoms with van der Waals surface area (Å²) in [6.07, 6.45) is 5.93. The maximum absolute atomic E-state index is 12.8. The van der Waals surface area contributed by atoms with Gasteiger partial charge < -0.3 is 9.84 Å². The predicted molar refractivity (Wildman–Crippen MR) is 115 cm³/mol. The van der Waals surface area contributed by atoms with Crippen molar-refractivity contribution in [2.24, 2.45) is 5.41 Å². The van der Waals surface area contributed by atoms with E-state index in [9.17, 15) is 9.90 Å². The van der Waals surface area contributed by atoms with Gasteiger partial charge in [-0.1, -0.05) is 24.3 Å². The van der Waals surface area contributed by atoms with E-state index in [1.165, 1.54) is 10.9 Å². The number of aromatic nitrogens is 1. The SMILES string of the molecule is O=C1OC(CN2CCC(O)CC2)CC12CCN(Cc1cccc3cccnc13)CC2. The van der Waals surface area contributed by atoms with Crippen LogP contribution in [0.1, 0.15) is 37.7 Å². The van der Waals surface area contributed by atoms with Crippen molar-refractivity contribution in [2.75, 3.05) is 32.7 Å². The zero-order valence-corrected chi connectivity index (χ0v) is 17.5. The number of pyridine rings is 1. The molecule has 1 aromatic heterocycles. The number of cyclic esters (lactones) is 1. The van der Waals surface area contributed by atoms with E-state index in [2.05, 4.69) is 39.0 Å². The van der Waals surface area contributed by atoms with Gasteiger partial charge in [-0.15, -0.1) is 0 Å². The lowest BCUT2D eigenvalue weighted by atomic mass is 9.76. The van der Waals surface area contributed by atoms with E-state index in [-0.39, 0.29) is 23.6 Å². The van der Waals surface area contributed by atoms with Crippen molar-refractivity contribution in [2.45, 2.75) is 50.9 Å². The number of para-hydroxylation sites is 1. The zero-order valence-electron chi connectivity index (χ0n) is 17.5. The van der Waals surface area contributed by atoms with Crippen molar-refractivity contribution in [3.05, 3.63) is 42.1 Å². The average molecular weight is 410 g/mol. The Morgan fingerprint density at radius 3 is 2.63 bits per heavy atom. The first-order valence-electron chi connectivity index (χ1n) is 11.3. The van der Waals surface area contributed by atoms with Gasteiger partial charge in [-0.05, 0) is 50.4 Å². The van der Waals surface area contributed by atoms with Gasteiger partial charge in [0, 0.05) is 44.2 Å². The summed E-state index contributed by atoms with van der Waals surface area (Å²) in [6.45, 7) is 5.32. The Labute approximate surface area is 177 Å². The number of aliphatic hydroxyl groups excluding tert-OH is 1. The first kappa shape index (κ1) is 19.9. The van der Waals surface area contributed by atoms with Crippen molar-refractivity contribution < 1.29 is 14.6 Å². The molecule has 0 radical (unpaired) electrons. The normalized spacial score (nSPS) is 25.8. The number of nitrogens with zero attached hydrogens (tertiary/aromatic N) is 3. The number of aliphatic hydroxyl groups is 1. The lowest BCUT2D eigenvalue weighted by Gasteiger charge is -2.36. The van der Waals surface area contributed by atoms with E-state index >= 15 is 0 Å². The maximum Gasteiger partial charge on any atom is 0.312 e. The molecule has 0 aliphatic carbocycles. The smallest absolute Gasteiger partial charge is 0.312 e. The summed E-state index contributed by atoms with van der Waals surface area (Å²) in [6, 6.07) is 10.5. The average Bonchev–Trinajstić information content (AvgIpc) is 3.06. The molecule has 2 aromatic rings. The molecule has 4 heterocycles. The zero-order chi connectivity index (χ0) is 20.6. The van der Waals surface area contributed by atoms with Crippen LogP contribution in [0.2, 0.25) is 0 Å². The number of piperidine rings is 2. The molecule has 6 nitrogen and oxygen atoms in total. The molecule has 1 unspecified atom stereocenters. The molecule has 3 fully saturated rings. The number of carbonyl (C=O) groups is 1. The standard InChI is InChI=1S/C24H31N3O3/c28-20-6-11-26(12-7-20)17-21-15-24(23(29)30-21)8-13-27(14-9-24)16-19-4-1-3-18-5-2-10-25-22(18)19/h1-5,10,20-21,28H,6-9,11-17H2. The Balaban J connectivity index is 1.18. The lowest BCUT2D eigenvalue weighted by molar-refractivity contribution is -0.151. The molecule has 3 saturated heterocycles. The fraction of sp³-hybridized carbons (Fsp3) is 0.583. The molecule has 1 spiro atoms. The highest BCUT2D eigenvalue weighted by molar-refractivity contribution is 5.81. The molecular formula is C24H31N3O3. The fourth-order valence-electron chi connectivity index (χ4n) is 5.41. The minimum atomic E-state index is -0.298. The van der Waals surface area contributed by atoms with E-state index in [0.717, 1.165) is 76.9 Å². The van der Waals surface area contributed by atoms with Crippen LogP contribution in [-0.2, 0) is 16.1 Å². The molecule has 6 heteroatoms. The lowest BCUT2D eigenvalue weighted by Crippen LogP contribution is -2.42. The Hall–Kier alpha value is -2.02. The fourth-order valence-corrected chi connectivity index (χ4v) is 5.41. The molecule has 160 valence electrons. The number of benzene rings is 1. The Morgan fingerprint density at radius 1 is 1.07 bits per heavy atom. The molecule has 5 rings (SSSR count). The number of ether oxygens (including phenoxy) is 1. The Bertz CT molecular complexity index is 896. The molecule has 0 bridgehead atoms. The third-order valence-electron chi connectivity index (χ3n) is 7.27. The van der Waals surface area contributed by atoms with Gasteiger partial charge in [0.2, 0.25) is 0 Å². The second-order valence-corrected chi connectivity index (χ2v) is 9.31. The van der Waals surface area contributed by atoms with Gasteiger partial charge in [-0.3, -0.25) is 19.6 Å². The summed E-state index contributed by atoms with van der Waals surface area (Å²) >= 11 is 0. The minimum Gasteiger partial charge on any atom is -0.461 e. The maximum atomic E-state index is 12.8. The van der Waals surface area contributed by atoms with E-state index < -0.39 is 0 Å². The summed E-state index contributed by atoms with van der Waals surface area (Å²) in [5, 5.41) is 10.9. The summed E-state index contributed by atoms with van der Waals surface area (Å²) in [4.78, 5) is 22.1. The van der Waals surface area contributed by atoms with Crippen molar-refractivity contribution in [1.82, 2.24) is 14.8 Å². The van der Waals surface area contributed by atoms with E-state index in [1.54, 1.807) is 0 Å². The van der Waals surface area contributed by atoms with Gasteiger partial charge in [-0.2, -0.15) is 0 Å². The van der Waals surface area contributed by atoms with Crippen LogP contribution >= 0.6 is 0 Å². The van der Waals surface area contributed by atoms with Gasteiger partial charge in [0.1, 0.15) is 6.10 Å². The highest BCUT2D eigenvalue weighted by atomic mass is 16.6. The molecule has 30 heavy (non-hydrogen) atoms. The first-order chi connectivity index (χ1) is 14.6. The van der Waals surface area contributed by atoms with Crippen LogP contribution in [-0.4, -0.2) is 70.8 Å². The predicted octanol–water partition coefficient (Wildman–Crippen LogP) is 2.59. The topological polar surface area (TPSA) is 65.9 Å². The molecule has 1 atom stereocenters. The number of hydrogen-bond acceptors (Lipinski definition) is 6. The van der Waals surface area contributed by atoms with Crippen LogP contribution in [0.25, 0.3) is 10.9 Å². The quantitative estimate of drug-likeness (QED) is 0.783. The van der Waals surface area contributed by atoms with Gasteiger partial charge in [0.05, 0.1) is 17.0 Å². The molecule has 3 aliphatic rings. The number of carbonyl (C=O) groups excluding carboxylic acids is 1. The molecule has 1 N–H and O–H groups in total. The van der Waals surface area contributed by atoms with Crippen molar-refractivity contribution in [1.29, 1.82) is 0 Å². The van der Waals surface area contributed by atoms with Crippen molar-refractivity contribution >= 4 is 16.9 Å². The molecule has 1 aromatic carbocycles. The largest absolute Gasteiger partial charge is 0.461 e. The second-order valence-electron chi connectivity index (χ2n) is 9.31. The highest BCUT2D eigenvalue weighted by Gasteiger charge is 2.50. The number of likely N-dealkylation sites (tertiary alicyclic amines) is 2. The second kappa shape index (κ2) is 8.25. The molecular weight excluding hydrogens is 378 g/mol. The highest BCUT2D eigenvalue weighted by Crippen LogP contribution is 2.43. The van der Waals surface area contributed by atoms with Gasteiger partial charge >= 0.3 is 5.97 Å². The minimum absolute atomic E-state index is 0.00144. The van der Waals surface area contributed by atoms with Crippen LogP contribution in [0.4, 0.5) is 0 Å². The van der Waals surface area contributed by atoms with E-state index in [0.29, 0.717) is 0 Å². The Kier molecular flexibility index (Phi) is 5.48. The van der Waals surface area contributed by atoms with Crippen LogP contribution in [0.5, 0.6) is 0 Å². The van der Waals surface area contributed by atoms with Gasteiger partial charge in [0.25, 0.3) is 0 Å². The molecule has 3 aliphatic heterocycles. The van der Waals surface area contributed by atoms with Crippen molar-refractivity contribution in [3.8, 4) is 0 Å². The number of fused-ring (bicyclic) bond motifs is 1. The van der Waals surface area contributed by atoms with Crippen LogP contribution in [0, 0.1) is 5.41 Å². The third-order valence-corrected chi connectivity index (χ3v) is 7.27. The third kappa shape index (κ3) is 3.96. The van der Waals surface area contributed by atoms with E-state index in [4.69, 9.17) is 4.74 Å². The molecule has 0 saturated carbocycles. The number of hydrogen-bond donors (Lipinski definition) is 1. The van der Waals surface area contributed by atoms with Crippen molar-refractivity contribution in [3.63, 3.8) is 0 Å².